The molecular formula is C22H16F6. The number of halogens is 6. The Kier molecular flexibility index (Phi) is 5.49. The molecule has 0 bridgehead atoms. The summed E-state index contributed by atoms with van der Waals surface area (Å²) in [5, 5.41) is 0. The second kappa shape index (κ2) is 7.70. The van der Waals surface area contributed by atoms with Gasteiger partial charge in [0.25, 0.3) is 0 Å². The maximum absolute atomic E-state index is 14.6. The van der Waals surface area contributed by atoms with Crippen molar-refractivity contribution in [2.24, 2.45) is 0 Å². The molecule has 0 radical (unpaired) electrons. The minimum atomic E-state index is -5.17. The van der Waals surface area contributed by atoms with E-state index in [0.29, 0.717) is 17.7 Å². The highest BCUT2D eigenvalue weighted by molar-refractivity contribution is 5.71. The Hall–Kier alpha value is -2.76. The summed E-state index contributed by atoms with van der Waals surface area (Å²) < 4.78 is 80.2. The fourth-order valence-electron chi connectivity index (χ4n) is 3.08. The zero-order chi connectivity index (χ0) is 20.5. The Labute approximate surface area is 158 Å². The Bertz CT molecular complexity index is 964. The maximum Gasteiger partial charge on any atom is 0.422 e. The first-order valence-electron chi connectivity index (χ1n) is 8.66. The van der Waals surface area contributed by atoms with Crippen LogP contribution < -0.4 is 0 Å². The van der Waals surface area contributed by atoms with E-state index in [1.165, 1.54) is 12.1 Å². The Balaban J connectivity index is 1.97. The van der Waals surface area contributed by atoms with E-state index in [2.05, 4.69) is 6.92 Å². The van der Waals surface area contributed by atoms with E-state index in [-0.39, 0.29) is 11.1 Å². The molecule has 6 heteroatoms. The predicted octanol–water partition coefficient (Wildman–Crippen LogP) is 7.41. The molecule has 0 aliphatic heterocycles. The lowest BCUT2D eigenvalue weighted by atomic mass is 9.97. The molecule has 3 aromatic rings. The molecule has 28 heavy (non-hydrogen) atoms. The van der Waals surface area contributed by atoms with Crippen LogP contribution in [-0.4, -0.2) is 0 Å². The molecule has 0 spiro atoms. The highest BCUT2D eigenvalue weighted by Crippen LogP contribution is 2.37. The van der Waals surface area contributed by atoms with E-state index in [0.717, 1.165) is 24.0 Å². The van der Waals surface area contributed by atoms with Gasteiger partial charge in [-0.1, -0.05) is 49.7 Å². The fraction of sp³-hybridized carbons (Fsp3) is 0.182. The summed E-state index contributed by atoms with van der Waals surface area (Å²) in [6, 6.07) is 12.6. The van der Waals surface area contributed by atoms with Crippen molar-refractivity contribution in [3.05, 3.63) is 83.2 Å². The molecule has 146 valence electrons. The average molecular weight is 394 g/mol. The van der Waals surface area contributed by atoms with Crippen LogP contribution in [0.25, 0.3) is 22.3 Å². The number of hydrogen-bond acceptors (Lipinski definition) is 0. The fourth-order valence-corrected chi connectivity index (χ4v) is 3.08. The molecule has 0 nitrogen and oxygen atoms in total. The zero-order valence-corrected chi connectivity index (χ0v) is 14.9. The monoisotopic (exact) mass is 394 g/mol. The van der Waals surface area contributed by atoms with Crippen LogP contribution in [0.4, 0.5) is 26.3 Å². The lowest BCUT2D eigenvalue weighted by molar-refractivity contribution is -0.142. The first-order chi connectivity index (χ1) is 13.2. The molecule has 0 atom stereocenters. The minimum Gasteiger partial charge on any atom is -0.206 e. The van der Waals surface area contributed by atoms with Gasteiger partial charge >= 0.3 is 6.18 Å². The molecule has 0 aromatic heterocycles. The van der Waals surface area contributed by atoms with Gasteiger partial charge in [0.1, 0.15) is 23.0 Å². The third-order valence-corrected chi connectivity index (χ3v) is 4.43. The highest BCUT2D eigenvalue weighted by atomic mass is 19.4. The standard InChI is InChI=1S/C22H16F6/c1-2-3-13-4-6-14(7-5-13)15-8-9-17(18(23)10-15)16-11-19(24)21(20(25)12-16)22(26,27)28/h4-12H,2-3H2,1H3. The van der Waals surface area contributed by atoms with E-state index in [1.54, 1.807) is 6.07 Å². The largest absolute Gasteiger partial charge is 0.422 e. The second-order valence-electron chi connectivity index (χ2n) is 6.45. The van der Waals surface area contributed by atoms with Crippen LogP contribution in [0.5, 0.6) is 0 Å². The van der Waals surface area contributed by atoms with E-state index >= 15 is 0 Å². The first-order valence-corrected chi connectivity index (χ1v) is 8.66. The van der Waals surface area contributed by atoms with Crippen molar-refractivity contribution in [3.63, 3.8) is 0 Å². The van der Waals surface area contributed by atoms with E-state index < -0.39 is 29.2 Å². The van der Waals surface area contributed by atoms with Crippen molar-refractivity contribution in [1.29, 1.82) is 0 Å². The molecule has 0 saturated heterocycles. The van der Waals surface area contributed by atoms with Gasteiger partial charge in [-0.3, -0.25) is 0 Å². The number of benzene rings is 3. The van der Waals surface area contributed by atoms with Gasteiger partial charge in [0.05, 0.1) is 0 Å². The number of rotatable bonds is 4. The van der Waals surface area contributed by atoms with Gasteiger partial charge in [-0.25, -0.2) is 13.2 Å². The molecule has 0 aliphatic carbocycles. The summed E-state index contributed by atoms with van der Waals surface area (Å²) in [5.41, 5.74) is -0.00467. The van der Waals surface area contributed by atoms with Crippen molar-refractivity contribution in [2.45, 2.75) is 25.9 Å². The van der Waals surface area contributed by atoms with Crippen LogP contribution in [0.15, 0.2) is 54.6 Å². The van der Waals surface area contributed by atoms with E-state index in [1.807, 2.05) is 24.3 Å². The first kappa shape index (κ1) is 20.0. The lowest BCUT2D eigenvalue weighted by Gasteiger charge is -2.12. The third kappa shape index (κ3) is 4.06. The van der Waals surface area contributed by atoms with Gasteiger partial charge in [-0.05, 0) is 46.9 Å². The van der Waals surface area contributed by atoms with Crippen LogP contribution in [-0.2, 0) is 12.6 Å². The van der Waals surface area contributed by atoms with E-state index in [4.69, 9.17) is 0 Å². The zero-order valence-electron chi connectivity index (χ0n) is 14.9. The number of hydrogen-bond donors (Lipinski definition) is 0. The Morgan fingerprint density at radius 1 is 0.679 bits per heavy atom. The summed E-state index contributed by atoms with van der Waals surface area (Å²) >= 11 is 0. The normalized spacial score (nSPS) is 11.7. The van der Waals surface area contributed by atoms with Crippen LogP contribution in [0, 0.1) is 17.5 Å². The number of alkyl halides is 3. The highest BCUT2D eigenvalue weighted by Gasteiger charge is 2.38. The summed E-state index contributed by atoms with van der Waals surface area (Å²) in [5.74, 6) is -4.34. The van der Waals surface area contributed by atoms with Crippen molar-refractivity contribution >= 4 is 0 Å². The van der Waals surface area contributed by atoms with Crippen LogP contribution >= 0.6 is 0 Å². The maximum atomic E-state index is 14.6. The van der Waals surface area contributed by atoms with Crippen LogP contribution in [0.3, 0.4) is 0 Å². The van der Waals surface area contributed by atoms with Gasteiger partial charge in [0.2, 0.25) is 0 Å². The smallest absolute Gasteiger partial charge is 0.206 e. The lowest BCUT2D eigenvalue weighted by Crippen LogP contribution is -2.11. The van der Waals surface area contributed by atoms with Gasteiger partial charge in [0.15, 0.2) is 0 Å². The van der Waals surface area contributed by atoms with Crippen molar-refractivity contribution in [3.8, 4) is 22.3 Å². The predicted molar refractivity (Wildman–Crippen MR) is 96.2 cm³/mol. The SMILES string of the molecule is CCCc1ccc(-c2ccc(-c3cc(F)c(C(F)(F)F)c(F)c3)c(F)c2)cc1. The van der Waals surface area contributed by atoms with E-state index in [9.17, 15) is 26.3 Å². The Morgan fingerprint density at radius 2 is 1.21 bits per heavy atom. The summed E-state index contributed by atoms with van der Waals surface area (Å²) in [6.45, 7) is 2.06. The summed E-state index contributed by atoms with van der Waals surface area (Å²) in [6.07, 6.45) is -3.24. The number of aryl methyl sites for hydroxylation is 1. The minimum absolute atomic E-state index is 0.183. The van der Waals surface area contributed by atoms with Crippen molar-refractivity contribution < 1.29 is 26.3 Å². The molecule has 0 saturated carbocycles. The molecule has 0 fully saturated rings. The topological polar surface area (TPSA) is 0 Å². The van der Waals surface area contributed by atoms with Crippen LogP contribution in [0.2, 0.25) is 0 Å². The molecular weight excluding hydrogens is 378 g/mol. The summed E-state index contributed by atoms with van der Waals surface area (Å²) in [4.78, 5) is 0. The third-order valence-electron chi connectivity index (χ3n) is 4.43. The van der Waals surface area contributed by atoms with Gasteiger partial charge in [-0.15, -0.1) is 0 Å². The summed E-state index contributed by atoms with van der Waals surface area (Å²) in [7, 11) is 0. The molecule has 0 aliphatic rings. The molecule has 0 heterocycles. The molecule has 0 amide bonds. The molecule has 0 unspecified atom stereocenters. The molecule has 3 rings (SSSR count). The van der Waals surface area contributed by atoms with Crippen molar-refractivity contribution in [1.82, 2.24) is 0 Å². The Morgan fingerprint density at radius 3 is 1.71 bits per heavy atom. The molecule has 0 N–H and O–H groups in total. The van der Waals surface area contributed by atoms with Crippen molar-refractivity contribution in [2.75, 3.05) is 0 Å². The molecule has 3 aromatic carbocycles. The second-order valence-corrected chi connectivity index (χ2v) is 6.45. The average Bonchev–Trinajstić information content (AvgIpc) is 2.60. The van der Waals surface area contributed by atoms with Gasteiger partial charge < -0.3 is 0 Å². The van der Waals surface area contributed by atoms with Gasteiger partial charge in [-0.2, -0.15) is 13.2 Å². The quantitative estimate of drug-likeness (QED) is 0.404. The van der Waals surface area contributed by atoms with Gasteiger partial charge in [0, 0.05) is 5.56 Å². The van der Waals surface area contributed by atoms with Crippen LogP contribution in [0.1, 0.15) is 24.5 Å².